The van der Waals surface area contributed by atoms with Gasteiger partial charge in [-0.25, -0.2) is 0 Å². The van der Waals surface area contributed by atoms with Crippen LogP contribution in [0.25, 0.3) is 0 Å². The van der Waals surface area contributed by atoms with Gasteiger partial charge in [0.1, 0.15) is 5.75 Å². The van der Waals surface area contributed by atoms with Gasteiger partial charge in [0.2, 0.25) is 5.91 Å². The van der Waals surface area contributed by atoms with Crippen molar-refractivity contribution in [1.29, 1.82) is 0 Å². The number of nitrogens with zero attached hydrogens (tertiary/aromatic N) is 1. The third-order valence-electron chi connectivity index (χ3n) is 6.33. The molecule has 0 saturated carbocycles. The molecule has 2 bridgehead atoms. The van der Waals surface area contributed by atoms with Crippen molar-refractivity contribution in [2.45, 2.75) is 70.5 Å². The van der Waals surface area contributed by atoms with Crippen LogP contribution in [0.15, 0.2) is 18.2 Å². The van der Waals surface area contributed by atoms with Gasteiger partial charge in [0, 0.05) is 36.2 Å². The van der Waals surface area contributed by atoms with E-state index in [-0.39, 0.29) is 17.4 Å². The van der Waals surface area contributed by atoms with Gasteiger partial charge in [-0.05, 0) is 76.1 Å². The summed E-state index contributed by atoms with van der Waals surface area (Å²) < 4.78 is 5.52. The molecule has 3 aliphatic heterocycles. The number of carbonyl (C=O) groups excluding carboxylic acids is 2. The number of nitrogens with one attached hydrogen (secondary N) is 2. The number of carbonyl (C=O) groups is 2. The van der Waals surface area contributed by atoms with Crippen LogP contribution in [0.3, 0.4) is 0 Å². The second-order valence-electron chi connectivity index (χ2n) is 9.82. The zero-order valence-corrected chi connectivity index (χ0v) is 17.8. The molecular formula is C23H33N3O3. The number of piperidine rings is 1. The summed E-state index contributed by atoms with van der Waals surface area (Å²) >= 11 is 0. The number of amides is 2. The second kappa shape index (κ2) is 7.98. The standard InChI is InChI=1S/C23H33N3O3/c1-23(2,3)25-21(27)14-26-18-5-6-19(26)11-15(10-18)13-24-22(28)17-4-7-20-16(12-17)8-9-29-20/h4,7,12,15,18-19H,5-6,8-11,13-14H2,1-3H3,(H,24,28)(H,25,27)/t15?,18-,19+. The fourth-order valence-electron chi connectivity index (χ4n) is 5.10. The van der Waals surface area contributed by atoms with Gasteiger partial charge in [0.15, 0.2) is 0 Å². The Labute approximate surface area is 173 Å². The smallest absolute Gasteiger partial charge is 0.251 e. The molecule has 2 amide bonds. The van der Waals surface area contributed by atoms with E-state index in [0.717, 1.165) is 43.4 Å². The van der Waals surface area contributed by atoms with Crippen LogP contribution in [0, 0.1) is 5.92 Å². The van der Waals surface area contributed by atoms with Gasteiger partial charge in [-0.3, -0.25) is 14.5 Å². The maximum Gasteiger partial charge on any atom is 0.251 e. The van der Waals surface area contributed by atoms with Crippen molar-refractivity contribution in [2.75, 3.05) is 19.7 Å². The van der Waals surface area contributed by atoms with Crippen LogP contribution in [-0.4, -0.2) is 54.0 Å². The van der Waals surface area contributed by atoms with Crippen molar-refractivity contribution in [3.63, 3.8) is 0 Å². The molecule has 4 rings (SSSR count). The van der Waals surface area contributed by atoms with Crippen molar-refractivity contribution >= 4 is 11.8 Å². The molecule has 0 spiro atoms. The highest BCUT2D eigenvalue weighted by Crippen LogP contribution is 2.38. The van der Waals surface area contributed by atoms with Gasteiger partial charge in [0.25, 0.3) is 5.91 Å². The van der Waals surface area contributed by atoms with E-state index in [1.807, 2.05) is 39.0 Å². The van der Waals surface area contributed by atoms with Crippen molar-refractivity contribution in [3.05, 3.63) is 29.3 Å². The van der Waals surface area contributed by atoms with E-state index >= 15 is 0 Å². The SMILES string of the molecule is CC(C)(C)NC(=O)CN1[C@@H]2CC[C@H]1CC(CNC(=O)c1ccc3c(c1)CCO3)C2. The summed E-state index contributed by atoms with van der Waals surface area (Å²) in [7, 11) is 0. The lowest BCUT2D eigenvalue weighted by molar-refractivity contribution is -0.125. The van der Waals surface area contributed by atoms with Crippen molar-refractivity contribution < 1.29 is 14.3 Å². The molecule has 0 radical (unpaired) electrons. The van der Waals surface area contributed by atoms with E-state index < -0.39 is 0 Å². The van der Waals surface area contributed by atoms with Crippen molar-refractivity contribution in [2.24, 2.45) is 5.92 Å². The van der Waals surface area contributed by atoms with Crippen LogP contribution >= 0.6 is 0 Å². The largest absolute Gasteiger partial charge is 0.493 e. The minimum absolute atomic E-state index is 0.000897. The van der Waals surface area contributed by atoms with Gasteiger partial charge in [-0.2, -0.15) is 0 Å². The lowest BCUT2D eigenvalue weighted by atomic mass is 9.90. The van der Waals surface area contributed by atoms with E-state index in [2.05, 4.69) is 15.5 Å². The Morgan fingerprint density at radius 1 is 1.17 bits per heavy atom. The van der Waals surface area contributed by atoms with Crippen LogP contribution in [0.5, 0.6) is 5.75 Å². The quantitative estimate of drug-likeness (QED) is 0.798. The topological polar surface area (TPSA) is 70.7 Å². The number of hydrogen-bond acceptors (Lipinski definition) is 4. The number of fused-ring (bicyclic) bond motifs is 3. The molecule has 0 aromatic heterocycles. The summed E-state index contributed by atoms with van der Waals surface area (Å²) in [6.07, 6.45) is 5.29. The Balaban J connectivity index is 1.28. The van der Waals surface area contributed by atoms with Gasteiger partial charge < -0.3 is 15.4 Å². The van der Waals surface area contributed by atoms with Crippen molar-refractivity contribution in [3.8, 4) is 5.75 Å². The highest BCUT2D eigenvalue weighted by molar-refractivity contribution is 5.94. The summed E-state index contributed by atoms with van der Waals surface area (Å²) in [5.74, 6) is 1.50. The molecule has 2 N–H and O–H groups in total. The third-order valence-corrected chi connectivity index (χ3v) is 6.33. The number of ether oxygens (including phenoxy) is 1. The molecule has 6 nitrogen and oxygen atoms in total. The minimum Gasteiger partial charge on any atom is -0.493 e. The predicted molar refractivity (Wildman–Crippen MR) is 112 cm³/mol. The number of rotatable bonds is 5. The molecule has 2 fully saturated rings. The predicted octanol–water partition coefficient (Wildman–Crippen LogP) is 2.51. The molecule has 2 saturated heterocycles. The number of benzene rings is 1. The van der Waals surface area contributed by atoms with Gasteiger partial charge >= 0.3 is 0 Å². The molecule has 6 heteroatoms. The van der Waals surface area contributed by atoms with E-state index in [9.17, 15) is 9.59 Å². The monoisotopic (exact) mass is 399 g/mol. The highest BCUT2D eigenvalue weighted by Gasteiger charge is 2.41. The zero-order valence-electron chi connectivity index (χ0n) is 17.8. The maximum atomic E-state index is 12.6. The first-order valence-electron chi connectivity index (χ1n) is 10.9. The molecule has 3 aliphatic rings. The molecule has 3 heterocycles. The fourth-order valence-corrected chi connectivity index (χ4v) is 5.10. The molecule has 0 aliphatic carbocycles. The molecular weight excluding hydrogens is 366 g/mol. The first kappa shape index (κ1) is 20.2. The van der Waals surface area contributed by atoms with E-state index in [1.54, 1.807) is 0 Å². The molecule has 158 valence electrons. The Morgan fingerprint density at radius 3 is 2.59 bits per heavy atom. The summed E-state index contributed by atoms with van der Waals surface area (Å²) in [5, 5.41) is 6.21. The molecule has 1 unspecified atom stereocenters. The lowest BCUT2D eigenvalue weighted by Gasteiger charge is -2.39. The van der Waals surface area contributed by atoms with Crippen LogP contribution in [0.4, 0.5) is 0 Å². The van der Waals surface area contributed by atoms with Gasteiger partial charge in [0.05, 0.1) is 13.2 Å². The van der Waals surface area contributed by atoms with Crippen LogP contribution < -0.4 is 15.4 Å². The molecule has 29 heavy (non-hydrogen) atoms. The molecule has 1 aromatic rings. The average molecular weight is 400 g/mol. The summed E-state index contributed by atoms with van der Waals surface area (Å²) in [6, 6.07) is 6.62. The fraction of sp³-hybridized carbons (Fsp3) is 0.652. The number of hydrogen-bond donors (Lipinski definition) is 2. The van der Waals surface area contributed by atoms with Gasteiger partial charge in [-0.1, -0.05) is 0 Å². The van der Waals surface area contributed by atoms with E-state index in [0.29, 0.717) is 43.3 Å². The summed E-state index contributed by atoms with van der Waals surface area (Å²) in [6.45, 7) is 7.95. The normalized spacial score (nSPS) is 26.0. The summed E-state index contributed by atoms with van der Waals surface area (Å²) in [4.78, 5) is 27.3. The summed E-state index contributed by atoms with van der Waals surface area (Å²) in [5.41, 5.74) is 1.65. The Morgan fingerprint density at radius 2 is 1.90 bits per heavy atom. The first-order valence-corrected chi connectivity index (χ1v) is 10.9. The second-order valence-corrected chi connectivity index (χ2v) is 9.82. The van der Waals surface area contributed by atoms with E-state index in [1.165, 1.54) is 0 Å². The molecule has 1 aromatic carbocycles. The average Bonchev–Trinajstić information content (AvgIpc) is 3.19. The Kier molecular flexibility index (Phi) is 5.56. The van der Waals surface area contributed by atoms with Crippen molar-refractivity contribution in [1.82, 2.24) is 15.5 Å². The minimum atomic E-state index is -0.192. The lowest BCUT2D eigenvalue weighted by Crippen LogP contribution is -2.52. The Bertz CT molecular complexity index is 772. The zero-order chi connectivity index (χ0) is 20.6. The highest BCUT2D eigenvalue weighted by atomic mass is 16.5. The Hall–Kier alpha value is -2.08. The van der Waals surface area contributed by atoms with Crippen LogP contribution in [0.1, 0.15) is 62.4 Å². The van der Waals surface area contributed by atoms with Gasteiger partial charge in [-0.15, -0.1) is 0 Å². The van der Waals surface area contributed by atoms with E-state index in [4.69, 9.17) is 4.74 Å². The maximum absolute atomic E-state index is 12.6. The van der Waals surface area contributed by atoms with Crippen LogP contribution in [0.2, 0.25) is 0 Å². The van der Waals surface area contributed by atoms with Crippen LogP contribution in [-0.2, 0) is 11.2 Å². The third kappa shape index (κ3) is 4.74. The molecule has 3 atom stereocenters. The first-order chi connectivity index (χ1) is 13.8.